The molecule has 2 aromatic carbocycles. The van der Waals surface area contributed by atoms with Crippen LogP contribution in [0.5, 0.6) is 0 Å². The molecule has 2 aromatic rings. The predicted octanol–water partition coefficient (Wildman–Crippen LogP) is 5.57. The Morgan fingerprint density at radius 3 is 2.00 bits per heavy atom. The zero-order valence-electron chi connectivity index (χ0n) is 27.5. The highest BCUT2D eigenvalue weighted by molar-refractivity contribution is 6.99. The Labute approximate surface area is 269 Å². The van der Waals surface area contributed by atoms with Gasteiger partial charge in [-0.2, -0.15) is 0 Å². The van der Waals surface area contributed by atoms with E-state index >= 15 is 0 Å². The van der Waals surface area contributed by atoms with E-state index in [1.165, 1.54) is 10.4 Å². The van der Waals surface area contributed by atoms with E-state index in [-0.39, 0.29) is 34.9 Å². The second-order valence-electron chi connectivity index (χ2n) is 14.6. The molecular weight excluding hydrogens is 584 g/mol. The van der Waals surface area contributed by atoms with E-state index in [4.69, 9.17) is 23.4 Å². The Balaban J connectivity index is 1.22. The van der Waals surface area contributed by atoms with E-state index in [0.717, 1.165) is 25.7 Å². The molecule has 2 saturated carbocycles. The summed E-state index contributed by atoms with van der Waals surface area (Å²) in [7, 11) is -2.64. The van der Waals surface area contributed by atoms with Crippen molar-refractivity contribution in [2.75, 3.05) is 33.0 Å². The van der Waals surface area contributed by atoms with Gasteiger partial charge in [0.05, 0.1) is 31.8 Å². The SMILES string of the molecule is CC1([C@@]23CCC[C@@H](C2)C(=O)C2(OCCO2)[C@H](CCCCO[Si](c2ccccc2)(c2ccccc2)C(C)(C)C)CC3=O)OCCO1. The van der Waals surface area contributed by atoms with Gasteiger partial charge in [-0.1, -0.05) is 94.3 Å². The number of rotatable bonds is 9. The van der Waals surface area contributed by atoms with E-state index in [9.17, 15) is 9.59 Å². The van der Waals surface area contributed by atoms with Crippen molar-refractivity contribution >= 4 is 30.3 Å². The van der Waals surface area contributed by atoms with Crippen LogP contribution >= 0.6 is 0 Å². The fourth-order valence-electron chi connectivity index (χ4n) is 8.83. The van der Waals surface area contributed by atoms with Gasteiger partial charge in [-0.15, -0.1) is 0 Å². The van der Waals surface area contributed by atoms with Gasteiger partial charge in [0.15, 0.2) is 11.6 Å². The Morgan fingerprint density at radius 2 is 1.42 bits per heavy atom. The minimum Gasteiger partial charge on any atom is -0.407 e. The van der Waals surface area contributed by atoms with E-state index < -0.39 is 25.3 Å². The van der Waals surface area contributed by atoms with Crippen molar-refractivity contribution in [3.8, 4) is 0 Å². The monoisotopic (exact) mass is 634 g/mol. The molecule has 8 heteroatoms. The van der Waals surface area contributed by atoms with E-state index in [1.54, 1.807) is 0 Å². The Bertz CT molecular complexity index is 1290. The fraction of sp³-hybridized carbons (Fsp3) is 0.622. The molecule has 0 aromatic heterocycles. The van der Waals surface area contributed by atoms with Gasteiger partial charge < -0.3 is 23.4 Å². The molecule has 4 fully saturated rings. The lowest BCUT2D eigenvalue weighted by Gasteiger charge is -2.51. The summed E-state index contributed by atoms with van der Waals surface area (Å²) in [5, 5.41) is 2.41. The third kappa shape index (κ3) is 5.59. The molecule has 244 valence electrons. The summed E-state index contributed by atoms with van der Waals surface area (Å²) in [5.41, 5.74) is -0.826. The highest BCUT2D eigenvalue weighted by atomic mass is 28.4. The van der Waals surface area contributed by atoms with E-state index in [1.807, 2.05) is 6.92 Å². The lowest BCUT2D eigenvalue weighted by molar-refractivity contribution is -0.246. The first-order valence-corrected chi connectivity index (χ1v) is 18.9. The number of hydrogen-bond donors (Lipinski definition) is 0. The van der Waals surface area contributed by atoms with E-state index in [0.29, 0.717) is 52.3 Å². The van der Waals surface area contributed by atoms with Gasteiger partial charge in [-0.05, 0) is 54.4 Å². The third-order valence-electron chi connectivity index (χ3n) is 11.1. The summed E-state index contributed by atoms with van der Waals surface area (Å²) >= 11 is 0. The number of benzene rings is 2. The lowest BCUT2D eigenvalue weighted by Crippen LogP contribution is -2.66. The van der Waals surface area contributed by atoms with Crippen molar-refractivity contribution in [3.05, 3.63) is 60.7 Å². The summed E-state index contributed by atoms with van der Waals surface area (Å²) in [5.74, 6) is -2.90. The molecule has 2 bridgehead atoms. The molecule has 2 heterocycles. The zero-order valence-corrected chi connectivity index (χ0v) is 28.5. The number of fused-ring (bicyclic) bond motifs is 2. The second kappa shape index (κ2) is 12.8. The molecule has 6 rings (SSSR count). The normalized spacial score (nSPS) is 28.3. The predicted molar refractivity (Wildman–Crippen MR) is 175 cm³/mol. The van der Waals surface area contributed by atoms with Crippen LogP contribution in [0.15, 0.2) is 60.7 Å². The molecular formula is C37H50O7Si. The number of carbonyl (C=O) groups is 2. The van der Waals surface area contributed by atoms with Crippen LogP contribution in [-0.2, 0) is 33.0 Å². The van der Waals surface area contributed by atoms with Crippen LogP contribution in [0.1, 0.15) is 79.1 Å². The van der Waals surface area contributed by atoms with Crippen LogP contribution in [-0.4, -0.2) is 64.5 Å². The van der Waals surface area contributed by atoms with Crippen LogP contribution in [0.4, 0.5) is 0 Å². The molecule has 4 aliphatic rings. The second-order valence-corrected chi connectivity index (χ2v) is 18.9. The van der Waals surface area contributed by atoms with E-state index in [2.05, 4.69) is 81.4 Å². The smallest absolute Gasteiger partial charge is 0.261 e. The van der Waals surface area contributed by atoms with Crippen molar-refractivity contribution in [3.63, 3.8) is 0 Å². The van der Waals surface area contributed by atoms with Crippen LogP contribution in [0.3, 0.4) is 0 Å². The van der Waals surface area contributed by atoms with Crippen molar-refractivity contribution < 1.29 is 33.0 Å². The summed E-state index contributed by atoms with van der Waals surface area (Å²) in [6, 6.07) is 21.3. The average Bonchev–Trinajstić information content (AvgIpc) is 3.73. The van der Waals surface area contributed by atoms with Crippen LogP contribution in [0.2, 0.25) is 5.04 Å². The van der Waals surface area contributed by atoms with Gasteiger partial charge in [0, 0.05) is 24.9 Å². The highest BCUT2D eigenvalue weighted by Gasteiger charge is 2.65. The summed E-state index contributed by atoms with van der Waals surface area (Å²) in [4.78, 5) is 28.7. The topological polar surface area (TPSA) is 80.3 Å². The van der Waals surface area contributed by atoms with Gasteiger partial charge in [0.2, 0.25) is 5.79 Å². The molecule has 0 amide bonds. The Morgan fingerprint density at radius 1 is 0.844 bits per heavy atom. The molecule has 0 unspecified atom stereocenters. The number of hydrogen-bond acceptors (Lipinski definition) is 7. The quantitative estimate of drug-likeness (QED) is 0.264. The molecule has 45 heavy (non-hydrogen) atoms. The third-order valence-corrected chi connectivity index (χ3v) is 16.1. The highest BCUT2D eigenvalue weighted by Crippen LogP contribution is 2.56. The van der Waals surface area contributed by atoms with Crippen LogP contribution < -0.4 is 10.4 Å². The molecule has 3 atom stereocenters. The zero-order chi connectivity index (χ0) is 31.8. The summed E-state index contributed by atoms with van der Waals surface area (Å²) < 4.78 is 31.8. The van der Waals surface area contributed by atoms with Gasteiger partial charge in [-0.3, -0.25) is 9.59 Å². The molecule has 2 aliphatic carbocycles. The van der Waals surface area contributed by atoms with Crippen molar-refractivity contribution in [2.45, 2.75) is 95.7 Å². The van der Waals surface area contributed by atoms with Crippen molar-refractivity contribution in [1.82, 2.24) is 0 Å². The minimum atomic E-state index is -2.64. The number of carbonyl (C=O) groups excluding carboxylic acids is 2. The maximum absolute atomic E-state index is 14.4. The van der Waals surface area contributed by atoms with Crippen LogP contribution in [0.25, 0.3) is 0 Å². The first kappa shape index (κ1) is 32.7. The number of ketones is 2. The lowest BCUT2D eigenvalue weighted by atomic mass is 9.57. The standard InChI is InChI=1S/C37H50O7Si/c1-34(2,3)45(30-16-7-5-8-17-30,31-18-9-6-10-19-31)44-21-12-11-15-29-26-32(38)36(35(4)40-22-23-41-35)20-13-14-28(27-36)33(39)37(29)42-24-25-43-37/h5-10,16-19,28-29H,11-15,20-27H2,1-4H3/t28-,29+,36-/m0/s1. The molecule has 7 nitrogen and oxygen atoms in total. The number of ether oxygens (including phenoxy) is 4. The molecule has 0 N–H and O–H groups in total. The van der Waals surface area contributed by atoms with Crippen LogP contribution in [0, 0.1) is 17.3 Å². The summed E-state index contributed by atoms with van der Waals surface area (Å²) in [6.07, 6.45) is 5.09. The molecule has 2 saturated heterocycles. The van der Waals surface area contributed by atoms with Gasteiger partial charge in [-0.25, -0.2) is 0 Å². The average molecular weight is 635 g/mol. The molecule has 1 spiro atoms. The van der Waals surface area contributed by atoms with Crippen molar-refractivity contribution in [2.24, 2.45) is 17.3 Å². The minimum absolute atomic E-state index is 0.00624. The summed E-state index contributed by atoms with van der Waals surface area (Å²) in [6.45, 7) is 11.0. The van der Waals surface area contributed by atoms with Gasteiger partial charge >= 0.3 is 0 Å². The largest absolute Gasteiger partial charge is 0.407 e. The Kier molecular flexibility index (Phi) is 9.29. The first-order valence-electron chi connectivity index (χ1n) is 17.0. The molecule has 0 radical (unpaired) electrons. The van der Waals surface area contributed by atoms with Gasteiger partial charge in [0.1, 0.15) is 5.78 Å². The van der Waals surface area contributed by atoms with Gasteiger partial charge in [0.25, 0.3) is 8.32 Å². The molecule has 2 aliphatic heterocycles. The number of unbranched alkanes of at least 4 members (excludes halogenated alkanes) is 1. The first-order chi connectivity index (χ1) is 21.6. The van der Waals surface area contributed by atoms with Crippen molar-refractivity contribution in [1.29, 1.82) is 0 Å². The maximum atomic E-state index is 14.4. The fourth-order valence-corrected chi connectivity index (χ4v) is 13.4. The number of Topliss-reactive ketones (excluding diaryl/α,β-unsaturated/α-hetero) is 2. The maximum Gasteiger partial charge on any atom is 0.261 e. The Hall–Kier alpha value is -2.20.